The quantitative estimate of drug-likeness (QED) is 0.368. The highest BCUT2D eigenvalue weighted by Crippen LogP contribution is 2.25. The van der Waals surface area contributed by atoms with E-state index in [2.05, 4.69) is 14.7 Å². The molecule has 9 nitrogen and oxygen atoms in total. The second kappa shape index (κ2) is 11.1. The molecule has 0 radical (unpaired) electrons. The summed E-state index contributed by atoms with van der Waals surface area (Å²) in [5.41, 5.74) is 0.0348. The number of nitrogens with zero attached hydrogens (tertiary/aromatic N) is 3. The number of aromatic nitrogens is 3. The third-order valence-corrected chi connectivity index (χ3v) is 5.66. The van der Waals surface area contributed by atoms with Gasteiger partial charge in [0.2, 0.25) is 5.62 Å². The molecule has 4 rings (SSSR count). The third kappa shape index (κ3) is 5.87. The van der Waals surface area contributed by atoms with E-state index >= 15 is 0 Å². The predicted molar refractivity (Wildman–Crippen MR) is 135 cm³/mol. The van der Waals surface area contributed by atoms with E-state index in [0.717, 1.165) is 16.2 Å². The molecule has 11 heteroatoms. The Morgan fingerprint density at radius 1 is 1.00 bits per heavy atom. The molecule has 1 heterocycles. The smallest absolute Gasteiger partial charge is 0.340 e. The van der Waals surface area contributed by atoms with E-state index in [1.165, 1.54) is 23.8 Å². The highest BCUT2D eigenvalue weighted by atomic mass is 35.5. The molecule has 190 valence electrons. The Morgan fingerprint density at radius 3 is 2.30 bits per heavy atom. The second-order valence-electron chi connectivity index (χ2n) is 7.83. The minimum absolute atomic E-state index is 0.0730. The average Bonchev–Trinajstić information content (AvgIpc) is 2.88. The maximum absolute atomic E-state index is 14.2. The van der Waals surface area contributed by atoms with Crippen LogP contribution in [-0.4, -0.2) is 27.2 Å². The van der Waals surface area contributed by atoms with Crippen molar-refractivity contribution in [2.24, 2.45) is 4.99 Å². The highest BCUT2D eigenvalue weighted by Gasteiger charge is 2.13. The van der Waals surface area contributed by atoms with Crippen LogP contribution in [0.4, 0.5) is 10.1 Å². The van der Waals surface area contributed by atoms with Crippen molar-refractivity contribution < 1.29 is 18.7 Å². The number of carbonyl (C=O) groups is 1. The van der Waals surface area contributed by atoms with Crippen molar-refractivity contribution in [1.29, 1.82) is 0 Å². The first-order valence-corrected chi connectivity index (χ1v) is 11.6. The average molecular weight is 525 g/mol. The van der Waals surface area contributed by atoms with Crippen LogP contribution in [0.5, 0.6) is 11.5 Å². The van der Waals surface area contributed by atoms with Crippen LogP contribution >= 0.6 is 11.6 Å². The van der Waals surface area contributed by atoms with E-state index in [4.69, 9.17) is 16.3 Å². The zero-order chi connectivity index (χ0) is 26.5. The van der Waals surface area contributed by atoms with Crippen LogP contribution in [0.15, 0.2) is 81.3 Å². The fourth-order valence-electron chi connectivity index (χ4n) is 3.52. The second-order valence-corrected chi connectivity index (χ2v) is 8.27. The molecule has 1 N–H and O–H groups in total. The zero-order valence-electron chi connectivity index (χ0n) is 19.9. The Kier molecular flexibility index (Phi) is 7.69. The summed E-state index contributed by atoms with van der Waals surface area (Å²) in [6, 6.07) is 17.2. The molecule has 0 aliphatic heterocycles. The number of methoxy groups -OCH3 is 1. The van der Waals surface area contributed by atoms with Crippen LogP contribution in [0.25, 0.3) is 0 Å². The van der Waals surface area contributed by atoms with Crippen LogP contribution in [0, 0.1) is 5.82 Å². The molecule has 37 heavy (non-hydrogen) atoms. The molecule has 0 spiro atoms. The number of benzene rings is 3. The van der Waals surface area contributed by atoms with Crippen molar-refractivity contribution in [3.05, 3.63) is 115 Å². The molecule has 0 unspecified atom stereocenters. The number of aromatic amines is 1. The van der Waals surface area contributed by atoms with Crippen molar-refractivity contribution in [3.63, 3.8) is 0 Å². The van der Waals surface area contributed by atoms with Crippen LogP contribution in [0.1, 0.15) is 22.8 Å². The minimum atomic E-state index is -0.784. The lowest BCUT2D eigenvalue weighted by molar-refractivity contribution is 0.0595. The van der Waals surface area contributed by atoms with Gasteiger partial charge in [0.15, 0.2) is 0 Å². The summed E-state index contributed by atoms with van der Waals surface area (Å²) in [4.78, 5) is 44.1. The van der Waals surface area contributed by atoms with E-state index in [1.54, 1.807) is 55.5 Å². The van der Waals surface area contributed by atoms with Gasteiger partial charge in [0.05, 0.1) is 24.9 Å². The summed E-state index contributed by atoms with van der Waals surface area (Å²) in [5, 5.41) is 0.565. The fraction of sp³-hybridized carbons (Fsp3) is 0.154. The van der Waals surface area contributed by atoms with Gasteiger partial charge < -0.3 is 9.47 Å². The van der Waals surface area contributed by atoms with Gasteiger partial charge in [0, 0.05) is 17.6 Å². The third-order valence-electron chi connectivity index (χ3n) is 5.40. The van der Waals surface area contributed by atoms with E-state index in [-0.39, 0.29) is 30.0 Å². The number of esters is 1. The molecule has 0 amide bonds. The first-order chi connectivity index (χ1) is 17.8. The van der Waals surface area contributed by atoms with Gasteiger partial charge in [0.1, 0.15) is 17.3 Å². The minimum Gasteiger partial charge on any atom is -0.465 e. The molecule has 0 saturated carbocycles. The molecule has 0 aliphatic rings. The van der Waals surface area contributed by atoms with Gasteiger partial charge in [-0.3, -0.25) is 9.55 Å². The summed E-state index contributed by atoms with van der Waals surface area (Å²) in [6.45, 7) is 2.07. The Balaban J connectivity index is 1.65. The van der Waals surface area contributed by atoms with Crippen LogP contribution in [-0.2, 0) is 17.8 Å². The number of nitrogens with one attached hydrogen (secondary N) is 1. The lowest BCUT2D eigenvalue weighted by Gasteiger charge is -2.10. The Labute approximate surface area is 215 Å². The first-order valence-electron chi connectivity index (χ1n) is 11.2. The number of ether oxygens (including phenoxy) is 2. The van der Waals surface area contributed by atoms with E-state index in [0.29, 0.717) is 16.5 Å². The summed E-state index contributed by atoms with van der Waals surface area (Å²) in [6.07, 6.45) is 0. The predicted octanol–water partition coefficient (Wildman–Crippen LogP) is 4.01. The van der Waals surface area contributed by atoms with Crippen LogP contribution in [0.2, 0.25) is 5.02 Å². The lowest BCUT2D eigenvalue weighted by Crippen LogP contribution is -2.49. The Hall–Kier alpha value is -4.44. The van der Waals surface area contributed by atoms with Gasteiger partial charge in [0.25, 0.3) is 0 Å². The van der Waals surface area contributed by atoms with Crippen molar-refractivity contribution >= 4 is 23.3 Å². The van der Waals surface area contributed by atoms with Gasteiger partial charge in [-0.25, -0.2) is 28.3 Å². The van der Waals surface area contributed by atoms with Crippen molar-refractivity contribution in [2.75, 3.05) is 7.11 Å². The number of carbonyl (C=O) groups excluding carboxylic acids is 1. The number of rotatable bonds is 7. The molecular weight excluding hydrogens is 503 g/mol. The fourth-order valence-corrected chi connectivity index (χ4v) is 3.64. The number of hydrogen-bond donors (Lipinski definition) is 1. The van der Waals surface area contributed by atoms with Gasteiger partial charge in [-0.2, -0.15) is 0 Å². The number of hydrogen-bond acceptors (Lipinski definition) is 6. The molecule has 0 atom stereocenters. The molecule has 4 aromatic rings. The number of H-pyrrole nitrogens is 1. The van der Waals surface area contributed by atoms with Gasteiger partial charge in [-0.05, 0) is 61.0 Å². The van der Waals surface area contributed by atoms with E-state index in [1.807, 2.05) is 0 Å². The standard InChI is InChI=1S/C26H22ClFN4O5/c1-3-31-25(34)30-24(32(26(31)35)15-16-4-6-17(27)7-5-16)29-18-8-10-19(11-9-18)37-20-12-13-21(22(28)14-20)23(33)36-2/h4-14H,3,15H2,1-2H3,(H,29,30,34). The van der Waals surface area contributed by atoms with Gasteiger partial charge in [-0.1, -0.05) is 23.7 Å². The Morgan fingerprint density at radius 2 is 1.68 bits per heavy atom. The SMILES string of the molecule is CCn1c(=O)[nH]/c(=N\c2ccc(Oc3ccc(C(=O)OC)c(F)c3)cc2)n(Cc2ccc(Cl)cc2)c1=O. The molecule has 0 aliphatic carbocycles. The van der Waals surface area contributed by atoms with Crippen LogP contribution in [0.3, 0.4) is 0 Å². The molecule has 0 bridgehead atoms. The summed E-state index contributed by atoms with van der Waals surface area (Å²) in [7, 11) is 1.17. The topological polar surface area (TPSA) is 108 Å². The number of halogens is 2. The largest absolute Gasteiger partial charge is 0.465 e. The van der Waals surface area contributed by atoms with Gasteiger partial charge >= 0.3 is 17.3 Å². The monoisotopic (exact) mass is 524 g/mol. The summed E-state index contributed by atoms with van der Waals surface area (Å²) in [5.74, 6) is -0.990. The van der Waals surface area contributed by atoms with E-state index < -0.39 is 23.2 Å². The normalized spacial score (nSPS) is 11.4. The maximum Gasteiger partial charge on any atom is 0.340 e. The van der Waals surface area contributed by atoms with E-state index in [9.17, 15) is 18.8 Å². The van der Waals surface area contributed by atoms with Crippen LogP contribution < -0.4 is 21.7 Å². The molecular formula is C26H22ClFN4O5. The molecule has 3 aromatic carbocycles. The lowest BCUT2D eigenvalue weighted by atomic mass is 10.2. The molecule has 0 saturated heterocycles. The molecule has 1 aromatic heterocycles. The van der Waals surface area contributed by atoms with Crippen molar-refractivity contribution in [1.82, 2.24) is 14.1 Å². The summed E-state index contributed by atoms with van der Waals surface area (Å²) < 4.78 is 26.8. The molecule has 0 fully saturated rings. The Bertz CT molecular complexity index is 1620. The maximum atomic E-state index is 14.2. The highest BCUT2D eigenvalue weighted by molar-refractivity contribution is 6.30. The zero-order valence-corrected chi connectivity index (χ0v) is 20.7. The van der Waals surface area contributed by atoms with Crippen molar-refractivity contribution in [3.8, 4) is 11.5 Å². The summed E-state index contributed by atoms with van der Waals surface area (Å²) >= 11 is 5.96. The first kappa shape index (κ1) is 25.6. The van der Waals surface area contributed by atoms with Gasteiger partial charge in [-0.15, -0.1) is 0 Å². The van der Waals surface area contributed by atoms with Crippen molar-refractivity contribution in [2.45, 2.75) is 20.0 Å².